The number of H-pyrrole nitrogens is 1. The maximum absolute atomic E-state index is 11.4. The van der Waals surface area contributed by atoms with E-state index in [1.807, 2.05) is 35.1 Å². The van der Waals surface area contributed by atoms with Crippen molar-refractivity contribution in [2.75, 3.05) is 5.73 Å². The number of carbonyl (C=O) groups is 1. The predicted octanol–water partition coefficient (Wildman–Crippen LogP) is 1.84. The summed E-state index contributed by atoms with van der Waals surface area (Å²) in [7, 11) is 0. The molecule has 1 saturated heterocycles. The van der Waals surface area contributed by atoms with Crippen LogP contribution >= 0.6 is 0 Å². The summed E-state index contributed by atoms with van der Waals surface area (Å²) in [5.74, 6) is 0.553. The van der Waals surface area contributed by atoms with E-state index in [4.69, 9.17) is 10.8 Å². The number of aromatic amines is 1. The van der Waals surface area contributed by atoms with Crippen LogP contribution in [0.4, 0.5) is 5.82 Å². The molecule has 0 aliphatic carbocycles. The Bertz CT molecular complexity index is 1130. The first kappa shape index (κ1) is 14.9. The zero-order chi connectivity index (χ0) is 17.7. The monoisotopic (exact) mass is 347 g/mol. The molecule has 1 fully saturated rings. The van der Waals surface area contributed by atoms with E-state index >= 15 is 0 Å². The fourth-order valence-corrected chi connectivity index (χ4v) is 3.54. The number of nitrogens with zero attached hydrogens (tertiary/aromatic N) is 4. The van der Waals surface area contributed by atoms with Crippen LogP contribution in [0.3, 0.4) is 0 Å². The van der Waals surface area contributed by atoms with Gasteiger partial charge in [-0.05, 0) is 24.6 Å². The highest BCUT2D eigenvalue weighted by Gasteiger charge is 2.22. The topological polar surface area (TPSA) is 115 Å². The van der Waals surface area contributed by atoms with Crippen molar-refractivity contribution in [2.45, 2.75) is 25.4 Å². The average Bonchev–Trinajstić information content (AvgIpc) is 3.36. The second kappa shape index (κ2) is 5.55. The molecule has 130 valence electrons. The summed E-state index contributed by atoms with van der Waals surface area (Å²) >= 11 is 0. The van der Waals surface area contributed by atoms with Gasteiger partial charge in [0, 0.05) is 35.8 Å². The Labute approximate surface area is 148 Å². The molecule has 4 heterocycles. The molecule has 1 amide bonds. The lowest BCUT2D eigenvalue weighted by Crippen LogP contribution is -2.29. The molecule has 8 nitrogen and oxygen atoms in total. The highest BCUT2D eigenvalue weighted by molar-refractivity contribution is 6.08. The lowest BCUT2D eigenvalue weighted by molar-refractivity contribution is -0.119. The Morgan fingerprint density at radius 2 is 2.19 bits per heavy atom. The van der Waals surface area contributed by atoms with Crippen molar-refractivity contribution in [3.05, 3.63) is 36.7 Å². The lowest BCUT2D eigenvalue weighted by Gasteiger charge is -2.08. The van der Waals surface area contributed by atoms with E-state index in [1.54, 1.807) is 6.20 Å². The third-order valence-corrected chi connectivity index (χ3v) is 4.82. The van der Waals surface area contributed by atoms with Gasteiger partial charge >= 0.3 is 0 Å². The van der Waals surface area contributed by atoms with Gasteiger partial charge in [0.2, 0.25) is 5.91 Å². The maximum atomic E-state index is 11.4. The summed E-state index contributed by atoms with van der Waals surface area (Å²) in [5.41, 5.74) is 9.62. The van der Waals surface area contributed by atoms with Gasteiger partial charge in [-0.25, -0.2) is 4.98 Å². The smallest absolute Gasteiger partial charge is 0.220 e. The number of carbonyl (C=O) groups excluding carboxylic acids is 1. The zero-order valence-electron chi connectivity index (χ0n) is 13.9. The lowest BCUT2D eigenvalue weighted by atomic mass is 10.1. The molecule has 0 saturated carbocycles. The molecule has 8 heteroatoms. The van der Waals surface area contributed by atoms with Crippen LogP contribution < -0.4 is 11.1 Å². The minimum absolute atomic E-state index is 0.101. The molecule has 0 unspecified atom stereocenters. The van der Waals surface area contributed by atoms with Gasteiger partial charge in [0.25, 0.3) is 0 Å². The summed E-state index contributed by atoms with van der Waals surface area (Å²) in [6.07, 6.45) is 5.10. The van der Waals surface area contributed by atoms with E-state index in [0.717, 1.165) is 39.5 Å². The van der Waals surface area contributed by atoms with Crippen LogP contribution in [0.1, 0.15) is 12.8 Å². The fourth-order valence-electron chi connectivity index (χ4n) is 3.54. The Balaban J connectivity index is 1.59. The fraction of sp³-hybridized carbons (Fsp3) is 0.222. The van der Waals surface area contributed by atoms with E-state index in [2.05, 4.69) is 20.5 Å². The predicted molar refractivity (Wildman–Crippen MR) is 98.2 cm³/mol. The van der Waals surface area contributed by atoms with Crippen molar-refractivity contribution in [3.8, 4) is 11.3 Å². The third kappa shape index (κ3) is 2.38. The SMILES string of the molecule is Nc1nc2cc(-c3cc[nH]n3)ccc2c2nn(C[C@H]3CCC(=O)N3)cc12. The molecule has 0 bridgehead atoms. The summed E-state index contributed by atoms with van der Waals surface area (Å²) < 4.78 is 1.85. The van der Waals surface area contributed by atoms with Gasteiger partial charge in [0.1, 0.15) is 11.3 Å². The summed E-state index contributed by atoms with van der Waals surface area (Å²) in [6.45, 7) is 0.632. The molecule has 1 aromatic carbocycles. The Hall–Kier alpha value is -3.42. The van der Waals surface area contributed by atoms with Crippen LogP contribution in [0.15, 0.2) is 36.7 Å². The number of nitrogens with one attached hydrogen (secondary N) is 2. The van der Waals surface area contributed by atoms with Crippen LogP contribution in [-0.2, 0) is 11.3 Å². The molecule has 26 heavy (non-hydrogen) atoms. The van der Waals surface area contributed by atoms with Crippen molar-refractivity contribution in [3.63, 3.8) is 0 Å². The number of hydrogen-bond acceptors (Lipinski definition) is 5. The van der Waals surface area contributed by atoms with E-state index in [0.29, 0.717) is 18.8 Å². The number of pyridine rings is 1. The van der Waals surface area contributed by atoms with Crippen molar-refractivity contribution in [1.82, 2.24) is 30.3 Å². The normalized spacial score (nSPS) is 17.2. The quantitative estimate of drug-likeness (QED) is 0.523. The highest BCUT2D eigenvalue weighted by Crippen LogP contribution is 2.30. The van der Waals surface area contributed by atoms with E-state index < -0.39 is 0 Å². The molecular weight excluding hydrogens is 330 g/mol. The van der Waals surface area contributed by atoms with Crippen LogP contribution in [0, 0.1) is 0 Å². The van der Waals surface area contributed by atoms with Gasteiger partial charge in [0.15, 0.2) is 0 Å². The van der Waals surface area contributed by atoms with E-state index in [9.17, 15) is 4.79 Å². The number of hydrogen-bond donors (Lipinski definition) is 3. The van der Waals surface area contributed by atoms with Gasteiger partial charge < -0.3 is 11.1 Å². The molecule has 4 aromatic rings. The summed E-state index contributed by atoms with van der Waals surface area (Å²) in [6, 6.07) is 8.00. The van der Waals surface area contributed by atoms with Crippen LogP contribution in [0.2, 0.25) is 0 Å². The van der Waals surface area contributed by atoms with Crippen molar-refractivity contribution < 1.29 is 4.79 Å². The minimum Gasteiger partial charge on any atom is -0.383 e. The molecular formula is C18H17N7O. The molecule has 1 atom stereocenters. The van der Waals surface area contributed by atoms with Crippen molar-refractivity contribution in [1.29, 1.82) is 0 Å². The van der Waals surface area contributed by atoms with Crippen molar-refractivity contribution in [2.24, 2.45) is 0 Å². The van der Waals surface area contributed by atoms with E-state index in [1.165, 1.54) is 0 Å². The highest BCUT2D eigenvalue weighted by atomic mass is 16.1. The molecule has 3 aromatic heterocycles. The first-order chi connectivity index (χ1) is 12.7. The standard InChI is InChI=1S/C18H17N7O/c19-18-13-9-25(8-11-2-4-16(26)21-11)24-17(13)12-3-1-10(7-15(12)22-18)14-5-6-20-23-14/h1,3,5-7,9,11H,2,4,8H2,(H2,19,22)(H,20,23)(H,21,26)/t11-/m1/s1. The molecule has 0 radical (unpaired) electrons. The first-order valence-corrected chi connectivity index (χ1v) is 8.53. The number of anilines is 1. The number of aromatic nitrogens is 5. The summed E-state index contributed by atoms with van der Waals surface area (Å²) in [4.78, 5) is 15.9. The van der Waals surface area contributed by atoms with Crippen LogP contribution in [-0.4, -0.2) is 36.9 Å². The van der Waals surface area contributed by atoms with Gasteiger partial charge in [-0.3, -0.25) is 14.6 Å². The van der Waals surface area contributed by atoms with Crippen molar-refractivity contribution >= 4 is 33.5 Å². The average molecular weight is 347 g/mol. The van der Waals surface area contributed by atoms with Gasteiger partial charge in [-0.2, -0.15) is 10.2 Å². The Kier molecular flexibility index (Phi) is 3.18. The molecule has 0 spiro atoms. The van der Waals surface area contributed by atoms with Gasteiger partial charge in [0.05, 0.1) is 23.1 Å². The number of nitrogen functional groups attached to an aromatic ring is 1. The second-order valence-electron chi connectivity index (χ2n) is 6.60. The number of rotatable bonds is 3. The molecule has 5 rings (SSSR count). The molecule has 1 aliphatic rings. The number of benzene rings is 1. The Morgan fingerprint density at radius 1 is 1.27 bits per heavy atom. The van der Waals surface area contributed by atoms with E-state index in [-0.39, 0.29) is 11.9 Å². The number of fused-ring (bicyclic) bond motifs is 3. The third-order valence-electron chi connectivity index (χ3n) is 4.82. The summed E-state index contributed by atoms with van der Waals surface area (Å²) in [5, 5.41) is 16.5. The molecule has 4 N–H and O–H groups in total. The van der Waals surface area contributed by atoms with Crippen LogP contribution in [0.5, 0.6) is 0 Å². The van der Waals surface area contributed by atoms with Gasteiger partial charge in [-0.15, -0.1) is 0 Å². The minimum atomic E-state index is 0.101. The second-order valence-corrected chi connectivity index (χ2v) is 6.60. The zero-order valence-corrected chi connectivity index (χ0v) is 13.9. The largest absolute Gasteiger partial charge is 0.383 e. The molecule has 1 aliphatic heterocycles. The first-order valence-electron chi connectivity index (χ1n) is 8.53. The number of nitrogens with two attached hydrogens (primary N) is 1. The number of amides is 1. The Morgan fingerprint density at radius 3 is 2.96 bits per heavy atom. The van der Waals surface area contributed by atoms with Crippen LogP contribution in [0.25, 0.3) is 33.1 Å². The maximum Gasteiger partial charge on any atom is 0.220 e. The van der Waals surface area contributed by atoms with Gasteiger partial charge in [-0.1, -0.05) is 6.07 Å².